The molecular formula is C15H23NO5. The highest BCUT2D eigenvalue weighted by atomic mass is 16.5. The largest absolute Gasteiger partial charge is 0.493 e. The SMILES string of the molecule is CCOc1cc([C@@H](CC(C)(C)O)NC(=O)O)ccc1OC. The first-order chi connectivity index (χ1) is 9.76. The van der Waals surface area contributed by atoms with Gasteiger partial charge < -0.3 is 25.0 Å². The van der Waals surface area contributed by atoms with Crippen molar-refractivity contribution in [2.45, 2.75) is 38.8 Å². The summed E-state index contributed by atoms with van der Waals surface area (Å²) in [7, 11) is 1.54. The molecule has 0 unspecified atom stereocenters. The van der Waals surface area contributed by atoms with Crippen molar-refractivity contribution in [1.82, 2.24) is 5.32 Å². The predicted octanol–water partition coefficient (Wildman–Crippen LogP) is 2.56. The standard InChI is InChI=1S/C15H23NO5/c1-5-21-13-8-10(6-7-12(13)20-4)11(16-14(17)18)9-15(2,3)19/h6-8,11,16,19H,5,9H2,1-4H3,(H,17,18)/t11-/m1/s1. The molecule has 0 heterocycles. The monoisotopic (exact) mass is 297 g/mol. The lowest BCUT2D eigenvalue weighted by Gasteiger charge is -2.26. The zero-order valence-corrected chi connectivity index (χ0v) is 12.8. The third kappa shape index (κ3) is 5.51. The molecule has 0 fully saturated rings. The average molecular weight is 297 g/mol. The van der Waals surface area contributed by atoms with Crippen LogP contribution in [0, 0.1) is 0 Å². The lowest BCUT2D eigenvalue weighted by Crippen LogP contribution is -2.33. The number of ether oxygens (including phenoxy) is 2. The number of carbonyl (C=O) groups is 1. The lowest BCUT2D eigenvalue weighted by atomic mass is 9.93. The molecular weight excluding hydrogens is 274 g/mol. The molecule has 0 aliphatic heterocycles. The van der Waals surface area contributed by atoms with Crippen LogP contribution in [0.2, 0.25) is 0 Å². The summed E-state index contributed by atoms with van der Waals surface area (Å²) in [6, 6.07) is 4.68. The third-order valence-electron chi connectivity index (χ3n) is 2.89. The van der Waals surface area contributed by atoms with Crippen LogP contribution in [-0.4, -0.2) is 35.6 Å². The second-order valence-corrected chi connectivity index (χ2v) is 5.36. The summed E-state index contributed by atoms with van der Waals surface area (Å²) in [5.41, 5.74) is -0.289. The Labute approximate surface area is 124 Å². The minimum atomic E-state index is -1.14. The van der Waals surface area contributed by atoms with E-state index >= 15 is 0 Å². The highest BCUT2D eigenvalue weighted by Gasteiger charge is 2.24. The number of hydrogen-bond donors (Lipinski definition) is 3. The van der Waals surface area contributed by atoms with Crippen LogP contribution >= 0.6 is 0 Å². The number of rotatable bonds is 7. The zero-order valence-electron chi connectivity index (χ0n) is 12.8. The number of hydrogen-bond acceptors (Lipinski definition) is 4. The van der Waals surface area contributed by atoms with Crippen molar-refractivity contribution in [3.63, 3.8) is 0 Å². The molecule has 0 saturated heterocycles. The molecule has 1 rings (SSSR count). The van der Waals surface area contributed by atoms with Crippen LogP contribution in [0.25, 0.3) is 0 Å². The fourth-order valence-electron chi connectivity index (χ4n) is 2.08. The van der Waals surface area contributed by atoms with Crippen molar-refractivity contribution in [2.75, 3.05) is 13.7 Å². The molecule has 0 aromatic heterocycles. The number of aliphatic hydroxyl groups is 1. The van der Waals surface area contributed by atoms with Crippen LogP contribution in [0.4, 0.5) is 4.79 Å². The Hall–Kier alpha value is -1.95. The minimum Gasteiger partial charge on any atom is -0.493 e. The van der Waals surface area contributed by atoms with Crippen molar-refractivity contribution < 1.29 is 24.5 Å². The van der Waals surface area contributed by atoms with Gasteiger partial charge in [-0.05, 0) is 38.5 Å². The molecule has 0 saturated carbocycles. The van der Waals surface area contributed by atoms with Crippen molar-refractivity contribution in [3.8, 4) is 11.5 Å². The quantitative estimate of drug-likeness (QED) is 0.720. The first kappa shape index (κ1) is 17.1. The van der Waals surface area contributed by atoms with Gasteiger partial charge in [0, 0.05) is 6.42 Å². The van der Waals surface area contributed by atoms with Gasteiger partial charge in [0.1, 0.15) is 0 Å². The van der Waals surface area contributed by atoms with E-state index in [1.807, 2.05) is 6.92 Å². The van der Waals surface area contributed by atoms with Gasteiger partial charge in [0.2, 0.25) is 0 Å². The molecule has 1 aromatic rings. The highest BCUT2D eigenvalue weighted by molar-refractivity contribution is 5.65. The molecule has 1 aromatic carbocycles. The van der Waals surface area contributed by atoms with E-state index in [9.17, 15) is 9.90 Å². The molecule has 3 N–H and O–H groups in total. The zero-order chi connectivity index (χ0) is 16.0. The van der Waals surface area contributed by atoms with Crippen LogP contribution in [0.15, 0.2) is 18.2 Å². The van der Waals surface area contributed by atoms with E-state index in [-0.39, 0.29) is 6.42 Å². The van der Waals surface area contributed by atoms with Crippen molar-refractivity contribution in [1.29, 1.82) is 0 Å². The van der Waals surface area contributed by atoms with E-state index < -0.39 is 17.7 Å². The normalized spacial score (nSPS) is 12.6. The van der Waals surface area contributed by atoms with Gasteiger partial charge in [-0.25, -0.2) is 4.79 Å². The molecule has 0 bridgehead atoms. The van der Waals surface area contributed by atoms with Crippen molar-refractivity contribution in [2.24, 2.45) is 0 Å². The molecule has 0 aliphatic carbocycles. The Morgan fingerprint density at radius 3 is 2.52 bits per heavy atom. The first-order valence-corrected chi connectivity index (χ1v) is 6.79. The molecule has 0 radical (unpaired) electrons. The number of benzene rings is 1. The van der Waals surface area contributed by atoms with Crippen LogP contribution in [0.3, 0.4) is 0 Å². The molecule has 6 nitrogen and oxygen atoms in total. The average Bonchev–Trinajstić information content (AvgIpc) is 2.36. The minimum absolute atomic E-state index is 0.247. The molecule has 6 heteroatoms. The topological polar surface area (TPSA) is 88.0 Å². The van der Waals surface area contributed by atoms with Gasteiger partial charge in [-0.3, -0.25) is 0 Å². The smallest absolute Gasteiger partial charge is 0.405 e. The van der Waals surface area contributed by atoms with E-state index in [0.29, 0.717) is 23.7 Å². The van der Waals surface area contributed by atoms with Crippen molar-refractivity contribution >= 4 is 6.09 Å². The van der Waals surface area contributed by atoms with Crippen LogP contribution in [-0.2, 0) is 0 Å². The Kier molecular flexibility index (Phi) is 5.84. The van der Waals surface area contributed by atoms with Gasteiger partial charge >= 0.3 is 6.09 Å². The summed E-state index contributed by atoms with van der Waals surface area (Å²) < 4.78 is 10.7. The Balaban J connectivity index is 3.11. The molecule has 118 valence electrons. The molecule has 0 aliphatic rings. The van der Waals surface area contributed by atoms with Gasteiger partial charge in [-0.1, -0.05) is 6.07 Å². The van der Waals surface area contributed by atoms with E-state index in [1.54, 1.807) is 39.2 Å². The van der Waals surface area contributed by atoms with E-state index in [1.165, 1.54) is 0 Å². The van der Waals surface area contributed by atoms with Gasteiger partial charge in [-0.15, -0.1) is 0 Å². The Morgan fingerprint density at radius 2 is 2.05 bits per heavy atom. The summed E-state index contributed by atoms with van der Waals surface area (Å²) in [6.45, 7) is 5.60. The number of nitrogens with one attached hydrogen (secondary N) is 1. The maximum absolute atomic E-state index is 11.0. The number of methoxy groups -OCH3 is 1. The molecule has 1 atom stereocenters. The first-order valence-electron chi connectivity index (χ1n) is 6.79. The highest BCUT2D eigenvalue weighted by Crippen LogP contribution is 2.32. The summed E-state index contributed by atoms with van der Waals surface area (Å²) in [5, 5.41) is 21.3. The molecule has 21 heavy (non-hydrogen) atoms. The fourth-order valence-corrected chi connectivity index (χ4v) is 2.08. The summed E-state index contributed by atoms with van der Waals surface area (Å²) in [5.74, 6) is 1.13. The summed E-state index contributed by atoms with van der Waals surface area (Å²) in [6.07, 6.45) is -0.893. The van der Waals surface area contributed by atoms with E-state index in [0.717, 1.165) is 0 Å². The maximum Gasteiger partial charge on any atom is 0.405 e. The van der Waals surface area contributed by atoms with E-state index in [2.05, 4.69) is 5.32 Å². The van der Waals surface area contributed by atoms with Gasteiger partial charge in [0.15, 0.2) is 11.5 Å². The van der Waals surface area contributed by atoms with Gasteiger partial charge in [0.05, 0.1) is 25.4 Å². The van der Waals surface area contributed by atoms with Crippen LogP contribution in [0.1, 0.15) is 38.8 Å². The molecule has 1 amide bonds. The number of amides is 1. The third-order valence-corrected chi connectivity index (χ3v) is 2.89. The van der Waals surface area contributed by atoms with Gasteiger partial charge in [0.25, 0.3) is 0 Å². The lowest BCUT2D eigenvalue weighted by molar-refractivity contribution is 0.0590. The second kappa shape index (κ2) is 7.17. The second-order valence-electron chi connectivity index (χ2n) is 5.36. The van der Waals surface area contributed by atoms with E-state index in [4.69, 9.17) is 14.6 Å². The Morgan fingerprint density at radius 1 is 1.38 bits per heavy atom. The molecule has 0 spiro atoms. The summed E-state index contributed by atoms with van der Waals surface area (Å²) in [4.78, 5) is 11.0. The van der Waals surface area contributed by atoms with Gasteiger partial charge in [-0.2, -0.15) is 0 Å². The number of carboxylic acid groups (broad SMARTS) is 1. The predicted molar refractivity (Wildman–Crippen MR) is 79.0 cm³/mol. The Bertz CT molecular complexity index is 481. The van der Waals surface area contributed by atoms with Crippen LogP contribution < -0.4 is 14.8 Å². The van der Waals surface area contributed by atoms with Crippen LogP contribution in [0.5, 0.6) is 11.5 Å². The fraction of sp³-hybridized carbons (Fsp3) is 0.533. The maximum atomic E-state index is 11.0. The van der Waals surface area contributed by atoms with Crippen molar-refractivity contribution in [3.05, 3.63) is 23.8 Å². The summed E-state index contributed by atoms with van der Waals surface area (Å²) >= 11 is 0.